The molecule has 4 rings (SSSR count). The summed E-state index contributed by atoms with van der Waals surface area (Å²) in [7, 11) is 0. The molecule has 2 aromatic carbocycles. The molecule has 0 spiro atoms. The third-order valence-corrected chi connectivity index (χ3v) is 4.56. The van der Waals surface area contributed by atoms with Crippen molar-refractivity contribution in [2.45, 2.75) is 13.3 Å². The second-order valence-electron chi connectivity index (χ2n) is 6.41. The summed E-state index contributed by atoms with van der Waals surface area (Å²) in [6.07, 6.45) is 6.11. The number of nitrogens with zero attached hydrogens (tertiary/aromatic N) is 3. The van der Waals surface area contributed by atoms with Crippen LogP contribution in [0, 0.1) is 0 Å². The molecular formula is C23H19N3O. The zero-order chi connectivity index (χ0) is 18.8. The van der Waals surface area contributed by atoms with E-state index < -0.39 is 0 Å². The standard InChI is InChI=1S/C23H19N3O/c1-3-6-23-25-21-14-17(16(2)27)10-11-22(21)26(23)20-9-4-7-18(13-20)19-8-5-12-24-15-19/h3-5,7-15H,1,6H2,2H3. The highest BCUT2D eigenvalue weighted by Crippen LogP contribution is 2.27. The number of carbonyl (C=O) groups is 1. The summed E-state index contributed by atoms with van der Waals surface area (Å²) in [6, 6.07) is 17.9. The fraction of sp³-hybridized carbons (Fsp3) is 0.0870. The first-order valence-corrected chi connectivity index (χ1v) is 8.81. The highest BCUT2D eigenvalue weighted by Gasteiger charge is 2.13. The maximum atomic E-state index is 11.7. The summed E-state index contributed by atoms with van der Waals surface area (Å²) in [5, 5.41) is 0. The molecule has 0 fully saturated rings. The topological polar surface area (TPSA) is 47.8 Å². The lowest BCUT2D eigenvalue weighted by molar-refractivity contribution is 0.101. The Bertz CT molecular complexity index is 1140. The van der Waals surface area contributed by atoms with Crippen LogP contribution in [0.5, 0.6) is 0 Å². The van der Waals surface area contributed by atoms with Crippen molar-refractivity contribution >= 4 is 16.8 Å². The van der Waals surface area contributed by atoms with Crippen LogP contribution in [0.4, 0.5) is 0 Å². The first kappa shape index (κ1) is 16.9. The Kier molecular flexibility index (Phi) is 4.38. The van der Waals surface area contributed by atoms with Crippen molar-refractivity contribution in [3.05, 3.63) is 91.0 Å². The summed E-state index contributed by atoms with van der Waals surface area (Å²) in [4.78, 5) is 20.7. The SMILES string of the molecule is C=CCc1nc2cc(C(C)=O)ccc2n1-c1cccc(-c2cccnc2)c1. The maximum Gasteiger partial charge on any atom is 0.159 e. The van der Waals surface area contributed by atoms with Gasteiger partial charge in [-0.2, -0.15) is 0 Å². The van der Waals surface area contributed by atoms with Crippen LogP contribution in [-0.2, 0) is 6.42 Å². The monoisotopic (exact) mass is 353 g/mol. The van der Waals surface area contributed by atoms with Crippen molar-refractivity contribution in [3.63, 3.8) is 0 Å². The molecule has 0 saturated heterocycles. The summed E-state index contributed by atoms with van der Waals surface area (Å²) >= 11 is 0. The van der Waals surface area contributed by atoms with Gasteiger partial charge in [0.15, 0.2) is 5.78 Å². The summed E-state index contributed by atoms with van der Waals surface area (Å²) in [5.74, 6) is 0.930. The molecule has 0 saturated carbocycles. The number of carbonyl (C=O) groups excluding carboxylic acids is 1. The number of aromatic nitrogens is 3. The zero-order valence-electron chi connectivity index (χ0n) is 15.1. The number of hydrogen-bond acceptors (Lipinski definition) is 3. The highest BCUT2D eigenvalue weighted by molar-refractivity contribution is 5.97. The molecule has 4 aromatic rings. The molecule has 0 radical (unpaired) electrons. The van der Waals surface area contributed by atoms with Crippen molar-refractivity contribution in [1.82, 2.24) is 14.5 Å². The van der Waals surface area contributed by atoms with Gasteiger partial charge in [0.2, 0.25) is 0 Å². The average molecular weight is 353 g/mol. The van der Waals surface area contributed by atoms with Crippen LogP contribution in [-0.4, -0.2) is 20.3 Å². The van der Waals surface area contributed by atoms with Gasteiger partial charge in [-0.15, -0.1) is 6.58 Å². The molecule has 2 aromatic heterocycles. The van der Waals surface area contributed by atoms with E-state index in [4.69, 9.17) is 4.98 Å². The van der Waals surface area contributed by atoms with Crippen LogP contribution in [0.3, 0.4) is 0 Å². The molecule has 2 heterocycles. The van der Waals surface area contributed by atoms with E-state index in [0.717, 1.165) is 33.7 Å². The van der Waals surface area contributed by atoms with Gasteiger partial charge < -0.3 is 0 Å². The number of rotatable bonds is 5. The number of imidazole rings is 1. The molecule has 0 aliphatic rings. The molecule has 0 atom stereocenters. The Hall–Kier alpha value is -3.53. The third-order valence-electron chi connectivity index (χ3n) is 4.56. The Morgan fingerprint density at radius 2 is 1.96 bits per heavy atom. The molecule has 0 aliphatic heterocycles. The first-order chi connectivity index (χ1) is 13.2. The van der Waals surface area contributed by atoms with Gasteiger partial charge in [0.25, 0.3) is 0 Å². The summed E-state index contributed by atoms with van der Waals surface area (Å²) in [6.45, 7) is 5.43. The van der Waals surface area contributed by atoms with Crippen molar-refractivity contribution in [2.24, 2.45) is 0 Å². The molecule has 0 aliphatic carbocycles. The van der Waals surface area contributed by atoms with Crippen LogP contribution in [0.25, 0.3) is 27.8 Å². The fourth-order valence-electron chi connectivity index (χ4n) is 3.26. The minimum absolute atomic E-state index is 0.0373. The number of fused-ring (bicyclic) bond motifs is 1. The minimum atomic E-state index is 0.0373. The number of benzene rings is 2. The van der Waals surface area contributed by atoms with Crippen LogP contribution in [0.1, 0.15) is 23.1 Å². The Balaban J connectivity index is 1.91. The lowest BCUT2D eigenvalue weighted by Crippen LogP contribution is -2.00. The number of allylic oxidation sites excluding steroid dienone is 1. The highest BCUT2D eigenvalue weighted by atomic mass is 16.1. The van der Waals surface area contributed by atoms with Gasteiger partial charge in [-0.25, -0.2) is 4.98 Å². The van der Waals surface area contributed by atoms with E-state index in [1.807, 2.05) is 48.7 Å². The third kappa shape index (κ3) is 3.17. The van der Waals surface area contributed by atoms with Crippen LogP contribution < -0.4 is 0 Å². The summed E-state index contributed by atoms with van der Waals surface area (Å²) in [5.41, 5.74) is 5.62. The molecule has 4 heteroatoms. The minimum Gasteiger partial charge on any atom is -0.296 e. The number of pyridine rings is 1. The zero-order valence-corrected chi connectivity index (χ0v) is 15.1. The number of ketones is 1. The number of Topliss-reactive ketones (excluding diaryl/α,β-unsaturated/α-hetero) is 1. The molecule has 27 heavy (non-hydrogen) atoms. The van der Waals surface area contributed by atoms with Crippen LogP contribution in [0.2, 0.25) is 0 Å². The normalized spacial score (nSPS) is 10.9. The van der Waals surface area contributed by atoms with E-state index in [0.29, 0.717) is 12.0 Å². The van der Waals surface area contributed by atoms with Gasteiger partial charge in [0.1, 0.15) is 5.82 Å². The van der Waals surface area contributed by atoms with Gasteiger partial charge in [-0.1, -0.05) is 24.3 Å². The van der Waals surface area contributed by atoms with Crippen LogP contribution in [0.15, 0.2) is 79.6 Å². The van der Waals surface area contributed by atoms with Crippen LogP contribution >= 0.6 is 0 Å². The lowest BCUT2D eigenvalue weighted by atomic mass is 10.1. The molecular weight excluding hydrogens is 334 g/mol. The maximum absolute atomic E-state index is 11.7. The molecule has 0 bridgehead atoms. The number of hydrogen-bond donors (Lipinski definition) is 0. The largest absolute Gasteiger partial charge is 0.296 e. The van der Waals surface area contributed by atoms with Crippen molar-refractivity contribution < 1.29 is 4.79 Å². The predicted molar refractivity (Wildman–Crippen MR) is 108 cm³/mol. The fourth-order valence-corrected chi connectivity index (χ4v) is 3.26. The molecule has 0 unspecified atom stereocenters. The Labute approximate surface area is 157 Å². The molecule has 0 N–H and O–H groups in total. The van der Waals surface area contributed by atoms with Crippen molar-refractivity contribution in [3.8, 4) is 16.8 Å². The van der Waals surface area contributed by atoms with Gasteiger partial charge in [0.05, 0.1) is 11.0 Å². The van der Waals surface area contributed by atoms with Gasteiger partial charge in [0, 0.05) is 35.6 Å². The van der Waals surface area contributed by atoms with E-state index in [1.54, 1.807) is 13.1 Å². The van der Waals surface area contributed by atoms with Crippen molar-refractivity contribution in [1.29, 1.82) is 0 Å². The molecule has 132 valence electrons. The van der Waals surface area contributed by atoms with Gasteiger partial charge >= 0.3 is 0 Å². The van der Waals surface area contributed by atoms with Gasteiger partial charge in [-0.3, -0.25) is 14.3 Å². The van der Waals surface area contributed by atoms with E-state index in [-0.39, 0.29) is 5.78 Å². The Morgan fingerprint density at radius 3 is 2.70 bits per heavy atom. The predicted octanol–water partition coefficient (Wildman–Crippen LogP) is 5.02. The quantitative estimate of drug-likeness (QED) is 0.374. The van der Waals surface area contributed by atoms with Crippen molar-refractivity contribution in [2.75, 3.05) is 0 Å². The van der Waals surface area contributed by atoms with E-state index in [2.05, 4.69) is 34.3 Å². The first-order valence-electron chi connectivity index (χ1n) is 8.81. The molecule has 4 nitrogen and oxygen atoms in total. The second-order valence-corrected chi connectivity index (χ2v) is 6.41. The van der Waals surface area contributed by atoms with E-state index in [1.165, 1.54) is 0 Å². The lowest BCUT2D eigenvalue weighted by Gasteiger charge is -2.10. The second kappa shape index (κ2) is 7.00. The average Bonchev–Trinajstić information content (AvgIpc) is 3.06. The smallest absolute Gasteiger partial charge is 0.159 e. The van der Waals surface area contributed by atoms with E-state index >= 15 is 0 Å². The Morgan fingerprint density at radius 1 is 1.11 bits per heavy atom. The summed E-state index contributed by atoms with van der Waals surface area (Å²) < 4.78 is 2.13. The van der Waals surface area contributed by atoms with Gasteiger partial charge in [-0.05, 0) is 48.9 Å². The van der Waals surface area contributed by atoms with E-state index in [9.17, 15) is 4.79 Å². The molecule has 0 amide bonds.